The summed E-state index contributed by atoms with van der Waals surface area (Å²) in [7, 11) is 0. The van der Waals surface area contributed by atoms with Gasteiger partial charge in [0.25, 0.3) is 5.91 Å². The fraction of sp³-hybridized carbons (Fsp3) is 0.294. The van der Waals surface area contributed by atoms with Gasteiger partial charge in [-0.2, -0.15) is 17.6 Å². The largest absolute Gasteiger partial charge is 0.417 e. The van der Waals surface area contributed by atoms with Gasteiger partial charge >= 0.3 is 11.9 Å². The zero-order valence-corrected chi connectivity index (χ0v) is 14.3. The molecule has 1 aromatic carbocycles. The molecule has 1 fully saturated rings. The Bertz CT molecular complexity index is 894. The van der Waals surface area contributed by atoms with Crippen LogP contribution in [-0.2, 0) is 6.18 Å². The van der Waals surface area contributed by atoms with Crippen molar-refractivity contribution >= 4 is 17.4 Å². The Balaban J connectivity index is 1.66. The van der Waals surface area contributed by atoms with Gasteiger partial charge in [-0.25, -0.2) is 4.98 Å². The number of amides is 1. The van der Waals surface area contributed by atoms with Crippen LogP contribution in [0.25, 0.3) is 0 Å². The van der Waals surface area contributed by atoms with Crippen molar-refractivity contribution in [3.63, 3.8) is 0 Å². The van der Waals surface area contributed by atoms with Crippen molar-refractivity contribution in [1.82, 2.24) is 9.88 Å². The summed E-state index contributed by atoms with van der Waals surface area (Å²) in [4.78, 5) is 29.4. The van der Waals surface area contributed by atoms with Gasteiger partial charge in [0.15, 0.2) is 0 Å². The number of aromatic nitrogens is 1. The SMILES string of the molecule is O=C(c1ccc(F)c([N+](=O)[O-])c1)N1CCN(c2ccc(C(F)(F)F)cn2)CC1. The number of nitrogens with zero attached hydrogens (tertiary/aromatic N) is 4. The molecular weight excluding hydrogens is 384 g/mol. The average molecular weight is 398 g/mol. The summed E-state index contributed by atoms with van der Waals surface area (Å²) < 4.78 is 51.2. The lowest BCUT2D eigenvalue weighted by atomic mass is 10.1. The molecule has 0 radical (unpaired) electrons. The lowest BCUT2D eigenvalue weighted by molar-refractivity contribution is -0.387. The summed E-state index contributed by atoms with van der Waals surface area (Å²) in [5, 5.41) is 10.8. The van der Waals surface area contributed by atoms with Crippen molar-refractivity contribution in [1.29, 1.82) is 0 Å². The Morgan fingerprint density at radius 1 is 1.11 bits per heavy atom. The summed E-state index contributed by atoms with van der Waals surface area (Å²) in [5.41, 5.74) is -1.63. The number of anilines is 1. The standard InChI is InChI=1S/C17H14F4N4O3/c18-13-3-1-11(9-14(13)25(27)28)16(26)24-7-5-23(6-8-24)15-4-2-12(10-22-15)17(19,20)21/h1-4,9-10H,5-8H2. The highest BCUT2D eigenvalue weighted by Gasteiger charge is 2.31. The number of halogens is 4. The van der Waals surface area contributed by atoms with Gasteiger partial charge in [0.1, 0.15) is 5.82 Å². The molecule has 1 aliphatic rings. The van der Waals surface area contributed by atoms with Crippen molar-refractivity contribution in [2.75, 3.05) is 31.1 Å². The number of carbonyl (C=O) groups is 1. The number of nitro groups is 1. The molecule has 0 unspecified atom stereocenters. The van der Waals surface area contributed by atoms with Crippen molar-refractivity contribution in [2.45, 2.75) is 6.18 Å². The van der Waals surface area contributed by atoms with Crippen molar-refractivity contribution in [3.8, 4) is 0 Å². The summed E-state index contributed by atoms with van der Waals surface area (Å²) in [6.45, 7) is 1.14. The lowest BCUT2D eigenvalue weighted by Gasteiger charge is -2.35. The van der Waals surface area contributed by atoms with E-state index in [-0.39, 0.29) is 18.7 Å². The van der Waals surface area contributed by atoms with E-state index in [9.17, 15) is 32.5 Å². The first-order valence-corrected chi connectivity index (χ1v) is 8.18. The molecule has 2 heterocycles. The van der Waals surface area contributed by atoms with Gasteiger partial charge in [-0.1, -0.05) is 0 Å². The maximum Gasteiger partial charge on any atom is 0.417 e. The quantitative estimate of drug-likeness (QED) is 0.451. The highest BCUT2D eigenvalue weighted by atomic mass is 19.4. The van der Waals surface area contributed by atoms with Crippen LogP contribution in [0.1, 0.15) is 15.9 Å². The number of hydrogen-bond donors (Lipinski definition) is 0. The second-order valence-electron chi connectivity index (χ2n) is 6.11. The Morgan fingerprint density at radius 2 is 1.79 bits per heavy atom. The average Bonchev–Trinajstić information content (AvgIpc) is 2.67. The van der Waals surface area contributed by atoms with Gasteiger partial charge in [0.2, 0.25) is 5.82 Å². The van der Waals surface area contributed by atoms with Crippen LogP contribution >= 0.6 is 0 Å². The van der Waals surface area contributed by atoms with E-state index in [0.717, 1.165) is 24.4 Å². The molecule has 1 saturated heterocycles. The Kier molecular flexibility index (Phi) is 5.16. The number of rotatable bonds is 3. The topological polar surface area (TPSA) is 79.6 Å². The molecule has 3 rings (SSSR count). The molecule has 1 aliphatic heterocycles. The lowest BCUT2D eigenvalue weighted by Crippen LogP contribution is -2.49. The van der Waals surface area contributed by atoms with Crippen LogP contribution in [0.2, 0.25) is 0 Å². The number of alkyl halides is 3. The zero-order chi connectivity index (χ0) is 20.5. The molecule has 0 N–H and O–H groups in total. The van der Waals surface area contributed by atoms with E-state index in [2.05, 4.69) is 4.98 Å². The van der Waals surface area contributed by atoms with Gasteiger partial charge in [-0.05, 0) is 24.3 Å². The fourth-order valence-electron chi connectivity index (χ4n) is 2.85. The first kappa shape index (κ1) is 19.5. The monoisotopic (exact) mass is 398 g/mol. The third-order valence-electron chi connectivity index (χ3n) is 4.36. The van der Waals surface area contributed by atoms with Gasteiger partial charge < -0.3 is 9.80 Å². The minimum atomic E-state index is -4.46. The summed E-state index contributed by atoms with van der Waals surface area (Å²) in [5.74, 6) is -1.15. The molecule has 0 saturated carbocycles. The van der Waals surface area contributed by atoms with Crippen LogP contribution in [0.15, 0.2) is 36.5 Å². The molecule has 148 valence electrons. The zero-order valence-electron chi connectivity index (χ0n) is 14.3. The molecular formula is C17H14F4N4O3. The molecule has 1 amide bonds. The van der Waals surface area contributed by atoms with Crippen LogP contribution in [0.5, 0.6) is 0 Å². The molecule has 0 atom stereocenters. The van der Waals surface area contributed by atoms with E-state index < -0.39 is 34.1 Å². The van der Waals surface area contributed by atoms with Gasteiger partial charge in [-0.3, -0.25) is 14.9 Å². The molecule has 11 heteroatoms. The Labute approximate surface area is 156 Å². The van der Waals surface area contributed by atoms with E-state index >= 15 is 0 Å². The Hall–Kier alpha value is -3.24. The van der Waals surface area contributed by atoms with E-state index in [1.54, 1.807) is 4.90 Å². The third-order valence-corrected chi connectivity index (χ3v) is 4.36. The predicted molar refractivity (Wildman–Crippen MR) is 90.4 cm³/mol. The molecule has 7 nitrogen and oxygen atoms in total. The molecule has 28 heavy (non-hydrogen) atoms. The third kappa shape index (κ3) is 4.02. The van der Waals surface area contributed by atoms with E-state index in [4.69, 9.17) is 0 Å². The first-order valence-electron chi connectivity index (χ1n) is 8.18. The number of pyridine rings is 1. The van der Waals surface area contributed by atoms with Crippen molar-refractivity contribution < 1.29 is 27.3 Å². The second kappa shape index (κ2) is 7.41. The number of benzene rings is 1. The van der Waals surface area contributed by atoms with Gasteiger partial charge in [0.05, 0.1) is 10.5 Å². The van der Waals surface area contributed by atoms with E-state index in [1.165, 1.54) is 17.0 Å². The fourth-order valence-corrected chi connectivity index (χ4v) is 2.85. The number of hydrogen-bond acceptors (Lipinski definition) is 5. The highest BCUT2D eigenvalue weighted by Crippen LogP contribution is 2.29. The predicted octanol–water partition coefficient (Wildman–Crippen LogP) is 3.11. The van der Waals surface area contributed by atoms with E-state index in [0.29, 0.717) is 18.9 Å². The minimum Gasteiger partial charge on any atom is -0.353 e. The van der Waals surface area contributed by atoms with Crippen molar-refractivity contribution in [3.05, 3.63) is 63.6 Å². The summed E-state index contributed by atoms with van der Waals surface area (Å²) >= 11 is 0. The molecule has 0 spiro atoms. The molecule has 1 aromatic heterocycles. The first-order chi connectivity index (χ1) is 13.2. The van der Waals surface area contributed by atoms with Crippen LogP contribution in [0.3, 0.4) is 0 Å². The minimum absolute atomic E-state index is 0.00537. The van der Waals surface area contributed by atoms with Gasteiger partial charge in [0, 0.05) is 44.0 Å². The molecule has 2 aromatic rings. The Morgan fingerprint density at radius 3 is 2.32 bits per heavy atom. The maximum atomic E-state index is 13.4. The number of piperazine rings is 1. The van der Waals surface area contributed by atoms with Gasteiger partial charge in [-0.15, -0.1) is 0 Å². The highest BCUT2D eigenvalue weighted by molar-refractivity contribution is 5.95. The summed E-state index contributed by atoms with van der Waals surface area (Å²) in [6.07, 6.45) is -3.71. The normalized spacial score (nSPS) is 14.9. The molecule has 0 bridgehead atoms. The van der Waals surface area contributed by atoms with Crippen LogP contribution < -0.4 is 4.90 Å². The van der Waals surface area contributed by atoms with E-state index in [1.807, 2.05) is 0 Å². The molecule has 0 aliphatic carbocycles. The van der Waals surface area contributed by atoms with Crippen molar-refractivity contribution in [2.24, 2.45) is 0 Å². The number of nitro benzene ring substituents is 1. The number of carbonyl (C=O) groups excluding carboxylic acids is 1. The smallest absolute Gasteiger partial charge is 0.353 e. The van der Waals surface area contributed by atoms with Crippen LogP contribution in [0.4, 0.5) is 29.1 Å². The summed E-state index contributed by atoms with van der Waals surface area (Å²) in [6, 6.07) is 5.14. The van der Waals surface area contributed by atoms with Crippen LogP contribution in [0, 0.1) is 15.9 Å². The maximum absolute atomic E-state index is 13.4. The van der Waals surface area contributed by atoms with Crippen LogP contribution in [-0.4, -0.2) is 46.9 Å². The second-order valence-corrected chi connectivity index (χ2v) is 6.11.